The molecule has 2 rings (SSSR count). The van der Waals surface area contributed by atoms with Gasteiger partial charge in [0.15, 0.2) is 5.78 Å². The Kier molecular flexibility index (Phi) is 4.85. The molecule has 6 heteroatoms. The van der Waals surface area contributed by atoms with Crippen molar-refractivity contribution in [3.63, 3.8) is 0 Å². The third-order valence-corrected chi connectivity index (χ3v) is 4.36. The van der Waals surface area contributed by atoms with E-state index in [1.54, 1.807) is 30.3 Å². The number of hydrogen-bond acceptors (Lipinski definition) is 6. The molecular formula is C17H20O6. The van der Waals surface area contributed by atoms with Crippen LogP contribution in [0.1, 0.15) is 24.8 Å². The maximum atomic E-state index is 12.4. The molecule has 0 bridgehead atoms. The molecular weight excluding hydrogens is 300 g/mol. The molecule has 0 spiro atoms. The highest BCUT2D eigenvalue weighted by atomic mass is 16.5. The highest BCUT2D eigenvalue weighted by Crippen LogP contribution is 2.46. The van der Waals surface area contributed by atoms with E-state index in [2.05, 4.69) is 0 Å². The minimum absolute atomic E-state index is 0.310. The summed E-state index contributed by atoms with van der Waals surface area (Å²) in [7, 11) is 2.40. The molecule has 0 heterocycles. The molecule has 6 nitrogen and oxygen atoms in total. The fourth-order valence-corrected chi connectivity index (χ4v) is 3.34. The van der Waals surface area contributed by atoms with Crippen LogP contribution in [-0.2, 0) is 23.9 Å². The van der Waals surface area contributed by atoms with Gasteiger partial charge in [0.25, 0.3) is 0 Å². The molecule has 124 valence electrons. The maximum absolute atomic E-state index is 12.4. The summed E-state index contributed by atoms with van der Waals surface area (Å²) in [5.41, 5.74) is -0.999. The Hall–Kier alpha value is -2.21. The van der Waals surface area contributed by atoms with Gasteiger partial charge in [0.1, 0.15) is 5.92 Å². The van der Waals surface area contributed by atoms with Gasteiger partial charge in [0, 0.05) is 12.3 Å². The van der Waals surface area contributed by atoms with Crippen LogP contribution in [0.25, 0.3) is 0 Å². The summed E-state index contributed by atoms with van der Waals surface area (Å²) < 4.78 is 9.56. The van der Waals surface area contributed by atoms with Crippen molar-refractivity contribution in [2.45, 2.75) is 24.9 Å². The summed E-state index contributed by atoms with van der Waals surface area (Å²) in [6, 6.07) is 8.70. The van der Waals surface area contributed by atoms with Crippen molar-refractivity contribution in [3.8, 4) is 0 Å². The van der Waals surface area contributed by atoms with Crippen molar-refractivity contribution < 1.29 is 29.0 Å². The van der Waals surface area contributed by atoms with Gasteiger partial charge in [-0.05, 0) is 12.5 Å². The van der Waals surface area contributed by atoms with Gasteiger partial charge in [0.05, 0.1) is 25.7 Å². The fraction of sp³-hybridized carbons (Fsp3) is 0.471. The van der Waals surface area contributed by atoms with E-state index >= 15 is 0 Å². The highest BCUT2D eigenvalue weighted by Gasteiger charge is 2.56. The number of esters is 2. The van der Waals surface area contributed by atoms with Gasteiger partial charge in [-0.3, -0.25) is 14.4 Å². The summed E-state index contributed by atoms with van der Waals surface area (Å²) >= 11 is 0. The van der Waals surface area contributed by atoms with Gasteiger partial charge in [0.2, 0.25) is 0 Å². The third-order valence-electron chi connectivity index (χ3n) is 4.36. The van der Waals surface area contributed by atoms with E-state index in [1.807, 2.05) is 0 Å². The van der Waals surface area contributed by atoms with E-state index in [1.165, 1.54) is 21.1 Å². The molecule has 1 fully saturated rings. The van der Waals surface area contributed by atoms with Crippen molar-refractivity contribution in [3.05, 3.63) is 35.9 Å². The number of carbonyl (C=O) groups is 3. The number of aliphatic hydroxyl groups is 1. The monoisotopic (exact) mass is 320 g/mol. The molecule has 0 saturated heterocycles. The molecule has 23 heavy (non-hydrogen) atoms. The Balaban J connectivity index is 2.61. The van der Waals surface area contributed by atoms with Crippen LogP contribution < -0.4 is 0 Å². The molecule has 1 aromatic rings. The zero-order chi connectivity index (χ0) is 17.2. The second-order valence-corrected chi connectivity index (χ2v) is 5.94. The zero-order valence-electron chi connectivity index (χ0n) is 13.3. The minimum atomic E-state index is -1.60. The first-order valence-corrected chi connectivity index (χ1v) is 7.29. The average molecular weight is 320 g/mol. The summed E-state index contributed by atoms with van der Waals surface area (Å²) in [6.45, 7) is 1.41. The quantitative estimate of drug-likeness (QED) is 0.662. The Bertz CT molecular complexity index is 607. The number of carbonyl (C=O) groups excluding carboxylic acids is 3. The average Bonchev–Trinajstić information content (AvgIpc) is 2.52. The van der Waals surface area contributed by atoms with Gasteiger partial charge in [-0.2, -0.15) is 0 Å². The summed E-state index contributed by atoms with van der Waals surface area (Å²) in [6.07, 6.45) is -0.310. The van der Waals surface area contributed by atoms with Crippen LogP contribution >= 0.6 is 0 Å². The van der Waals surface area contributed by atoms with Crippen molar-refractivity contribution in [2.24, 2.45) is 11.8 Å². The molecule has 1 saturated carbocycles. The van der Waals surface area contributed by atoms with Gasteiger partial charge in [-0.25, -0.2) is 0 Å². The molecule has 1 aliphatic carbocycles. The highest BCUT2D eigenvalue weighted by molar-refractivity contribution is 6.02. The van der Waals surface area contributed by atoms with Crippen molar-refractivity contribution >= 4 is 17.7 Å². The first-order valence-electron chi connectivity index (χ1n) is 7.29. The largest absolute Gasteiger partial charge is 0.469 e. The van der Waals surface area contributed by atoms with Crippen LogP contribution in [0.4, 0.5) is 0 Å². The lowest BCUT2D eigenvalue weighted by molar-refractivity contribution is -0.170. The Morgan fingerprint density at radius 1 is 1.13 bits per heavy atom. The standard InChI is InChI=1S/C17H20O6/c1-17(21)9-11(18)13(15(19)22-2)12(14(17)16(20)23-3)10-7-5-4-6-8-10/h4-8,12-14,21H,9H2,1-3H3/t12-,13-,14+,17+/m0/s1. The van der Waals surface area contributed by atoms with Gasteiger partial charge < -0.3 is 14.6 Å². The molecule has 0 aromatic heterocycles. The molecule has 0 radical (unpaired) electrons. The molecule has 1 aromatic carbocycles. The van der Waals surface area contributed by atoms with Crippen molar-refractivity contribution in [1.82, 2.24) is 0 Å². The number of rotatable bonds is 3. The van der Waals surface area contributed by atoms with Gasteiger partial charge >= 0.3 is 11.9 Å². The minimum Gasteiger partial charge on any atom is -0.469 e. The Morgan fingerprint density at radius 3 is 2.22 bits per heavy atom. The van der Waals surface area contributed by atoms with Crippen LogP contribution in [0.3, 0.4) is 0 Å². The van der Waals surface area contributed by atoms with E-state index in [0.717, 1.165) is 0 Å². The normalized spacial score (nSPS) is 30.6. The van der Waals surface area contributed by atoms with Crippen LogP contribution in [-0.4, -0.2) is 42.6 Å². The van der Waals surface area contributed by atoms with E-state index in [-0.39, 0.29) is 6.42 Å². The molecule has 1 aliphatic rings. The van der Waals surface area contributed by atoms with Crippen LogP contribution in [0.2, 0.25) is 0 Å². The van der Waals surface area contributed by atoms with E-state index in [9.17, 15) is 19.5 Å². The lowest BCUT2D eigenvalue weighted by Gasteiger charge is -2.43. The van der Waals surface area contributed by atoms with Crippen LogP contribution in [0, 0.1) is 11.8 Å². The second-order valence-electron chi connectivity index (χ2n) is 5.94. The topological polar surface area (TPSA) is 89.9 Å². The molecule has 0 aliphatic heterocycles. The lowest BCUT2D eigenvalue weighted by atomic mass is 9.62. The first-order chi connectivity index (χ1) is 10.8. The lowest BCUT2D eigenvalue weighted by Crippen LogP contribution is -2.55. The molecule has 0 amide bonds. The summed E-state index contributed by atoms with van der Waals surface area (Å²) in [5, 5.41) is 10.6. The fourth-order valence-electron chi connectivity index (χ4n) is 3.34. The Morgan fingerprint density at radius 2 is 1.70 bits per heavy atom. The summed E-state index contributed by atoms with van der Waals surface area (Å²) in [5.74, 6) is -4.86. The predicted molar refractivity (Wildman–Crippen MR) is 80.4 cm³/mol. The number of Topliss-reactive ketones (excluding diaryl/α,β-unsaturated/α-hetero) is 1. The third kappa shape index (κ3) is 3.12. The Labute approximate surface area is 134 Å². The van der Waals surface area contributed by atoms with E-state index in [0.29, 0.717) is 5.56 Å². The van der Waals surface area contributed by atoms with Gasteiger partial charge in [-0.1, -0.05) is 30.3 Å². The molecule has 1 N–H and O–H groups in total. The molecule has 4 atom stereocenters. The predicted octanol–water partition coefficient (Wildman–Crippen LogP) is 1.07. The SMILES string of the molecule is COC(=O)[C@H]1C(=O)C[C@@](C)(O)[C@@H](C(=O)OC)[C@H]1c1ccccc1. The number of benzene rings is 1. The zero-order valence-corrected chi connectivity index (χ0v) is 13.3. The summed E-state index contributed by atoms with van der Waals surface area (Å²) in [4.78, 5) is 36.9. The number of ether oxygens (including phenoxy) is 2. The van der Waals surface area contributed by atoms with Gasteiger partial charge in [-0.15, -0.1) is 0 Å². The second kappa shape index (κ2) is 6.50. The van der Waals surface area contributed by atoms with Crippen molar-refractivity contribution in [2.75, 3.05) is 14.2 Å². The molecule has 0 unspecified atom stereocenters. The first kappa shape index (κ1) is 17.1. The van der Waals surface area contributed by atoms with Crippen LogP contribution in [0.15, 0.2) is 30.3 Å². The smallest absolute Gasteiger partial charge is 0.316 e. The van der Waals surface area contributed by atoms with E-state index in [4.69, 9.17) is 9.47 Å². The van der Waals surface area contributed by atoms with Crippen LogP contribution in [0.5, 0.6) is 0 Å². The number of hydrogen-bond donors (Lipinski definition) is 1. The number of methoxy groups -OCH3 is 2. The van der Waals surface area contributed by atoms with Crippen molar-refractivity contribution in [1.29, 1.82) is 0 Å². The van der Waals surface area contributed by atoms with E-state index < -0.39 is 41.1 Å². The maximum Gasteiger partial charge on any atom is 0.316 e. The number of ketones is 1.